The number of carboxylic acid groups (broad SMARTS) is 1. The van der Waals surface area contributed by atoms with E-state index in [0.717, 1.165) is 6.42 Å². The van der Waals surface area contributed by atoms with Crippen molar-refractivity contribution in [2.24, 2.45) is 5.41 Å². The van der Waals surface area contributed by atoms with Crippen LogP contribution in [0.5, 0.6) is 0 Å². The molecule has 20 heavy (non-hydrogen) atoms. The highest BCUT2D eigenvalue weighted by Crippen LogP contribution is 2.41. The number of hydrogen-bond donors (Lipinski definition) is 2. The van der Waals surface area contributed by atoms with Gasteiger partial charge in [-0.1, -0.05) is 6.42 Å². The molecular weight excluding hydrogens is 264 g/mol. The van der Waals surface area contributed by atoms with Gasteiger partial charge >= 0.3 is 11.7 Å². The molecule has 0 saturated heterocycles. The topological polar surface area (TPSA) is 129 Å². The van der Waals surface area contributed by atoms with Gasteiger partial charge in [0.2, 0.25) is 5.69 Å². The second kappa shape index (κ2) is 5.13. The number of nitrogens with zero attached hydrogens (tertiary/aromatic N) is 3. The number of nitro groups is 1. The normalized spacial score (nSPS) is 15.8. The van der Waals surface area contributed by atoms with Crippen molar-refractivity contribution in [1.82, 2.24) is 4.98 Å². The number of aliphatic carboxylic acids is 1. The van der Waals surface area contributed by atoms with Crippen molar-refractivity contribution in [3.63, 3.8) is 0 Å². The highest BCUT2D eigenvalue weighted by atomic mass is 16.6. The monoisotopic (exact) mass is 276 g/mol. The van der Waals surface area contributed by atoms with E-state index in [1.54, 1.807) is 6.07 Å². The minimum atomic E-state index is -0.862. The molecule has 0 aromatic carbocycles. The van der Waals surface area contributed by atoms with E-state index in [9.17, 15) is 20.0 Å². The van der Waals surface area contributed by atoms with Crippen LogP contribution in [0.1, 0.15) is 25.0 Å². The molecule has 0 aliphatic heterocycles. The first-order chi connectivity index (χ1) is 9.48. The van der Waals surface area contributed by atoms with Crippen LogP contribution in [0, 0.1) is 26.9 Å². The third-order valence-corrected chi connectivity index (χ3v) is 3.55. The third kappa shape index (κ3) is 2.38. The third-order valence-electron chi connectivity index (χ3n) is 3.55. The average Bonchev–Trinajstić information content (AvgIpc) is 2.36. The van der Waals surface area contributed by atoms with Crippen molar-refractivity contribution in [1.29, 1.82) is 5.26 Å². The van der Waals surface area contributed by atoms with E-state index >= 15 is 0 Å². The molecule has 8 nitrogen and oxygen atoms in total. The van der Waals surface area contributed by atoms with Gasteiger partial charge in [0.1, 0.15) is 11.9 Å². The molecule has 0 unspecified atom stereocenters. The first kappa shape index (κ1) is 13.7. The summed E-state index contributed by atoms with van der Waals surface area (Å²) in [5.41, 5.74) is -1.45. The first-order valence-corrected chi connectivity index (χ1v) is 6.01. The number of carbonyl (C=O) groups is 1. The Hall–Kier alpha value is -2.69. The summed E-state index contributed by atoms with van der Waals surface area (Å²) in [6.45, 7) is 0.192. The standard InChI is InChI=1S/C12H12N4O4/c13-6-8-9(16(19)20)2-3-10(15-8)14-7-12(11(17)18)4-1-5-12/h2-3H,1,4-5,7H2,(H,14,15)(H,17,18). The Morgan fingerprint density at radius 2 is 2.30 bits per heavy atom. The van der Waals surface area contributed by atoms with Gasteiger partial charge in [0.25, 0.3) is 0 Å². The Morgan fingerprint density at radius 3 is 2.75 bits per heavy atom. The lowest BCUT2D eigenvalue weighted by molar-refractivity contribution is -0.385. The van der Waals surface area contributed by atoms with Crippen molar-refractivity contribution >= 4 is 17.5 Å². The van der Waals surface area contributed by atoms with Gasteiger partial charge in [-0.2, -0.15) is 5.26 Å². The lowest BCUT2D eigenvalue weighted by atomic mass is 9.69. The van der Waals surface area contributed by atoms with E-state index in [1.807, 2.05) is 0 Å². The molecule has 1 heterocycles. The van der Waals surface area contributed by atoms with Gasteiger partial charge < -0.3 is 10.4 Å². The fourth-order valence-corrected chi connectivity index (χ4v) is 2.11. The van der Waals surface area contributed by atoms with Crippen LogP contribution in [0.25, 0.3) is 0 Å². The Balaban J connectivity index is 2.13. The van der Waals surface area contributed by atoms with E-state index in [0.29, 0.717) is 12.8 Å². The van der Waals surface area contributed by atoms with E-state index in [-0.39, 0.29) is 23.7 Å². The van der Waals surface area contributed by atoms with Crippen LogP contribution in [0.2, 0.25) is 0 Å². The van der Waals surface area contributed by atoms with E-state index in [1.165, 1.54) is 12.1 Å². The maximum absolute atomic E-state index is 11.2. The highest BCUT2D eigenvalue weighted by molar-refractivity contribution is 5.76. The molecule has 8 heteroatoms. The van der Waals surface area contributed by atoms with Gasteiger partial charge in [-0.05, 0) is 18.9 Å². The summed E-state index contributed by atoms with van der Waals surface area (Å²) in [6.07, 6.45) is 2.05. The molecule has 1 aliphatic carbocycles. The molecule has 1 fully saturated rings. The molecule has 2 rings (SSSR count). The predicted molar refractivity (Wildman–Crippen MR) is 68.0 cm³/mol. The summed E-state index contributed by atoms with van der Waals surface area (Å²) in [4.78, 5) is 25.0. The summed E-state index contributed by atoms with van der Waals surface area (Å²) in [5.74, 6) is -0.599. The first-order valence-electron chi connectivity index (χ1n) is 6.01. The van der Waals surface area contributed by atoms with E-state index in [2.05, 4.69) is 10.3 Å². The van der Waals surface area contributed by atoms with Crippen LogP contribution in [-0.4, -0.2) is 27.5 Å². The minimum Gasteiger partial charge on any atom is -0.481 e. The summed E-state index contributed by atoms with van der Waals surface area (Å²) >= 11 is 0. The molecule has 0 bridgehead atoms. The lowest BCUT2D eigenvalue weighted by Crippen LogP contribution is -2.43. The van der Waals surface area contributed by atoms with Crippen molar-refractivity contribution < 1.29 is 14.8 Å². The van der Waals surface area contributed by atoms with Crippen molar-refractivity contribution in [3.05, 3.63) is 27.9 Å². The molecule has 1 aromatic rings. The van der Waals surface area contributed by atoms with Crippen molar-refractivity contribution in [3.8, 4) is 6.07 Å². The summed E-state index contributed by atoms with van der Waals surface area (Å²) in [5, 5.41) is 31.5. The van der Waals surface area contributed by atoms with Crippen LogP contribution in [-0.2, 0) is 4.79 Å². The maximum atomic E-state index is 11.2. The number of rotatable bonds is 5. The summed E-state index contributed by atoms with van der Waals surface area (Å²) in [7, 11) is 0. The summed E-state index contributed by atoms with van der Waals surface area (Å²) < 4.78 is 0. The fraction of sp³-hybridized carbons (Fsp3) is 0.417. The smallest absolute Gasteiger partial charge is 0.311 e. The zero-order valence-electron chi connectivity index (χ0n) is 10.5. The Kier molecular flexibility index (Phi) is 3.52. The molecule has 1 aromatic heterocycles. The second-order valence-corrected chi connectivity index (χ2v) is 4.73. The van der Waals surface area contributed by atoms with Gasteiger partial charge in [-0.15, -0.1) is 0 Å². The highest BCUT2D eigenvalue weighted by Gasteiger charge is 2.44. The SMILES string of the molecule is N#Cc1nc(NCC2(C(=O)O)CCC2)ccc1[N+](=O)[O-]. The van der Waals surface area contributed by atoms with Gasteiger partial charge in [-0.3, -0.25) is 14.9 Å². The zero-order valence-corrected chi connectivity index (χ0v) is 10.5. The molecule has 0 amide bonds. The van der Waals surface area contributed by atoms with Crippen LogP contribution < -0.4 is 5.32 Å². The fourth-order valence-electron chi connectivity index (χ4n) is 2.11. The number of nitriles is 1. The van der Waals surface area contributed by atoms with E-state index in [4.69, 9.17) is 5.26 Å². The largest absolute Gasteiger partial charge is 0.481 e. The molecule has 104 valence electrons. The second-order valence-electron chi connectivity index (χ2n) is 4.73. The van der Waals surface area contributed by atoms with Gasteiger partial charge in [0.15, 0.2) is 0 Å². The lowest BCUT2D eigenvalue weighted by Gasteiger charge is -2.37. The maximum Gasteiger partial charge on any atom is 0.311 e. The van der Waals surface area contributed by atoms with Crippen LogP contribution in [0.15, 0.2) is 12.1 Å². The molecular formula is C12H12N4O4. The van der Waals surface area contributed by atoms with Crippen molar-refractivity contribution in [2.75, 3.05) is 11.9 Å². The quantitative estimate of drug-likeness (QED) is 0.616. The van der Waals surface area contributed by atoms with Crippen LogP contribution >= 0.6 is 0 Å². The number of anilines is 1. The zero-order chi connectivity index (χ0) is 14.8. The number of nitrogens with one attached hydrogen (secondary N) is 1. The minimum absolute atomic E-state index is 0.192. The Labute approximate surface area is 114 Å². The predicted octanol–water partition coefficient (Wildman–Crippen LogP) is 1.53. The van der Waals surface area contributed by atoms with Crippen LogP contribution in [0.4, 0.5) is 11.5 Å². The average molecular weight is 276 g/mol. The number of hydrogen-bond acceptors (Lipinski definition) is 6. The molecule has 0 radical (unpaired) electrons. The molecule has 1 aliphatic rings. The molecule has 2 N–H and O–H groups in total. The number of pyridine rings is 1. The van der Waals surface area contributed by atoms with Gasteiger partial charge in [0, 0.05) is 12.6 Å². The van der Waals surface area contributed by atoms with E-state index < -0.39 is 16.3 Å². The number of carboxylic acids is 1. The van der Waals surface area contributed by atoms with Crippen LogP contribution in [0.3, 0.4) is 0 Å². The molecule has 0 atom stereocenters. The van der Waals surface area contributed by atoms with Gasteiger partial charge in [0.05, 0.1) is 10.3 Å². The van der Waals surface area contributed by atoms with Gasteiger partial charge in [-0.25, -0.2) is 4.98 Å². The molecule has 0 spiro atoms. The molecule has 1 saturated carbocycles. The summed E-state index contributed by atoms with van der Waals surface area (Å²) in [6, 6.07) is 4.21. The Bertz CT molecular complexity index is 604. The Morgan fingerprint density at radius 1 is 1.60 bits per heavy atom. The van der Waals surface area contributed by atoms with Crippen molar-refractivity contribution in [2.45, 2.75) is 19.3 Å². The number of aromatic nitrogens is 1.